The summed E-state index contributed by atoms with van der Waals surface area (Å²) in [7, 11) is 0. The minimum Gasteiger partial charge on any atom is -0.481 e. The smallest absolute Gasteiger partial charge is 0.311 e. The second-order valence-corrected chi connectivity index (χ2v) is 7.47. The number of carbonyl (C=O) groups is 2. The van der Waals surface area contributed by atoms with Gasteiger partial charge in [-0.3, -0.25) is 9.59 Å². The molecule has 1 N–H and O–H groups in total. The van der Waals surface area contributed by atoms with Crippen LogP contribution in [0.25, 0.3) is 0 Å². The maximum Gasteiger partial charge on any atom is 0.311 e. The molecule has 0 aromatic heterocycles. The van der Waals surface area contributed by atoms with E-state index in [9.17, 15) is 14.7 Å². The summed E-state index contributed by atoms with van der Waals surface area (Å²) in [4.78, 5) is 26.5. The minimum absolute atomic E-state index is 0.197. The number of rotatable bonds is 4. The van der Waals surface area contributed by atoms with Crippen LogP contribution in [0.5, 0.6) is 0 Å². The van der Waals surface area contributed by atoms with E-state index in [0.717, 1.165) is 19.3 Å². The van der Waals surface area contributed by atoms with Crippen molar-refractivity contribution in [2.24, 2.45) is 29.1 Å². The van der Waals surface area contributed by atoms with Gasteiger partial charge in [0.05, 0.1) is 5.41 Å². The third-order valence-electron chi connectivity index (χ3n) is 6.15. The van der Waals surface area contributed by atoms with Gasteiger partial charge in [-0.15, -0.1) is 0 Å². The lowest BCUT2D eigenvalue weighted by molar-refractivity contribution is -0.149. The van der Waals surface area contributed by atoms with Crippen molar-refractivity contribution in [3.8, 4) is 0 Å². The molecular weight excluding hydrogens is 254 g/mol. The predicted octanol–water partition coefficient (Wildman–Crippen LogP) is 2.14. The highest BCUT2D eigenvalue weighted by molar-refractivity contribution is 5.83. The number of nitrogens with zero attached hydrogens (tertiary/aromatic N) is 1. The van der Waals surface area contributed by atoms with Gasteiger partial charge in [0.1, 0.15) is 0 Å². The molecule has 1 heterocycles. The Morgan fingerprint density at radius 3 is 2.25 bits per heavy atom. The van der Waals surface area contributed by atoms with Crippen molar-refractivity contribution in [1.82, 2.24) is 4.90 Å². The molecule has 4 nitrogen and oxygen atoms in total. The number of aliphatic carboxylic acids is 1. The summed E-state index contributed by atoms with van der Waals surface area (Å²) in [6, 6.07) is 0. The third-order valence-corrected chi connectivity index (χ3v) is 6.15. The van der Waals surface area contributed by atoms with Crippen LogP contribution in [-0.4, -0.2) is 35.0 Å². The van der Waals surface area contributed by atoms with Crippen LogP contribution in [0.4, 0.5) is 0 Å². The van der Waals surface area contributed by atoms with Crippen LogP contribution in [-0.2, 0) is 9.59 Å². The van der Waals surface area contributed by atoms with Crippen LogP contribution in [0.3, 0.4) is 0 Å². The van der Waals surface area contributed by atoms with E-state index in [1.807, 2.05) is 4.90 Å². The standard InChI is InChI=1S/C16H23NO3/c18-14(13(10-3-4-10)11-5-6-11)17-8-12-2-1-7-16(12,9-17)15(19)20/h10-13H,1-9H2,(H,19,20)/t12-,16+/m0/s1. The Labute approximate surface area is 119 Å². The van der Waals surface area contributed by atoms with Crippen molar-refractivity contribution in [2.75, 3.05) is 13.1 Å². The van der Waals surface area contributed by atoms with Crippen molar-refractivity contribution >= 4 is 11.9 Å². The molecule has 110 valence electrons. The van der Waals surface area contributed by atoms with Gasteiger partial charge in [-0.05, 0) is 56.3 Å². The molecule has 4 heteroatoms. The lowest BCUT2D eigenvalue weighted by Gasteiger charge is -2.26. The lowest BCUT2D eigenvalue weighted by atomic mass is 9.81. The first-order chi connectivity index (χ1) is 9.62. The first-order valence-corrected chi connectivity index (χ1v) is 8.14. The molecule has 4 aliphatic rings. The first-order valence-electron chi connectivity index (χ1n) is 8.14. The molecule has 0 aromatic carbocycles. The van der Waals surface area contributed by atoms with Crippen molar-refractivity contribution < 1.29 is 14.7 Å². The molecule has 0 spiro atoms. The van der Waals surface area contributed by atoms with E-state index in [1.165, 1.54) is 25.7 Å². The van der Waals surface area contributed by atoms with E-state index in [0.29, 0.717) is 24.9 Å². The Bertz CT molecular complexity index is 443. The average Bonchev–Trinajstić information content (AvgIpc) is 3.30. The summed E-state index contributed by atoms with van der Waals surface area (Å²) in [6.07, 6.45) is 7.56. The van der Waals surface area contributed by atoms with Crippen molar-refractivity contribution in [2.45, 2.75) is 44.9 Å². The molecule has 0 radical (unpaired) electrons. The van der Waals surface area contributed by atoms with Gasteiger partial charge in [-0.1, -0.05) is 6.42 Å². The maximum absolute atomic E-state index is 12.8. The van der Waals surface area contributed by atoms with Crippen LogP contribution >= 0.6 is 0 Å². The van der Waals surface area contributed by atoms with Crippen molar-refractivity contribution in [1.29, 1.82) is 0 Å². The molecule has 1 aliphatic heterocycles. The topological polar surface area (TPSA) is 57.6 Å². The first kappa shape index (κ1) is 12.7. The fourth-order valence-electron chi connectivity index (χ4n) is 4.72. The summed E-state index contributed by atoms with van der Waals surface area (Å²) in [6.45, 7) is 1.17. The van der Waals surface area contributed by atoms with E-state index in [2.05, 4.69) is 0 Å². The highest BCUT2D eigenvalue weighted by atomic mass is 16.4. The molecule has 3 saturated carbocycles. The van der Waals surface area contributed by atoms with Crippen molar-refractivity contribution in [3.63, 3.8) is 0 Å². The number of likely N-dealkylation sites (tertiary alicyclic amines) is 1. The Morgan fingerprint density at radius 2 is 1.75 bits per heavy atom. The second-order valence-electron chi connectivity index (χ2n) is 7.47. The fraction of sp³-hybridized carbons (Fsp3) is 0.875. The minimum atomic E-state index is -0.676. The quantitative estimate of drug-likeness (QED) is 0.856. The van der Waals surface area contributed by atoms with E-state index in [4.69, 9.17) is 0 Å². The molecule has 4 rings (SSSR count). The number of carboxylic acid groups (broad SMARTS) is 1. The number of carboxylic acids is 1. The number of hydrogen-bond donors (Lipinski definition) is 1. The molecule has 20 heavy (non-hydrogen) atoms. The molecular formula is C16H23NO3. The van der Waals surface area contributed by atoms with Gasteiger partial charge in [-0.25, -0.2) is 0 Å². The van der Waals surface area contributed by atoms with Crippen LogP contribution in [0.2, 0.25) is 0 Å². The van der Waals surface area contributed by atoms with Gasteiger partial charge in [0.2, 0.25) is 5.91 Å². The van der Waals surface area contributed by atoms with Gasteiger partial charge in [0.15, 0.2) is 0 Å². The molecule has 0 aromatic rings. The number of fused-ring (bicyclic) bond motifs is 1. The highest BCUT2D eigenvalue weighted by Crippen LogP contribution is 2.53. The Kier molecular flexibility index (Phi) is 2.67. The van der Waals surface area contributed by atoms with Crippen molar-refractivity contribution in [3.05, 3.63) is 0 Å². The van der Waals surface area contributed by atoms with Gasteiger partial charge < -0.3 is 10.0 Å². The van der Waals surface area contributed by atoms with Crippen LogP contribution in [0, 0.1) is 29.1 Å². The lowest BCUT2D eigenvalue weighted by Crippen LogP contribution is -2.40. The second kappa shape index (κ2) is 4.22. The average molecular weight is 277 g/mol. The number of hydrogen-bond acceptors (Lipinski definition) is 2. The van der Waals surface area contributed by atoms with Gasteiger partial charge in [0, 0.05) is 19.0 Å². The van der Waals surface area contributed by atoms with Gasteiger partial charge in [0.25, 0.3) is 0 Å². The van der Waals surface area contributed by atoms with E-state index in [-0.39, 0.29) is 17.7 Å². The largest absolute Gasteiger partial charge is 0.481 e. The number of amides is 1. The SMILES string of the molecule is O=C(C(C1CC1)C1CC1)N1C[C@@H]2CCC[C@@]2(C(=O)O)C1. The molecule has 1 saturated heterocycles. The summed E-state index contributed by atoms with van der Waals surface area (Å²) in [5.41, 5.74) is -0.618. The normalized spacial score (nSPS) is 36.5. The van der Waals surface area contributed by atoms with E-state index >= 15 is 0 Å². The summed E-state index contributed by atoms with van der Waals surface area (Å²) < 4.78 is 0. The maximum atomic E-state index is 12.8. The summed E-state index contributed by atoms with van der Waals surface area (Å²) in [5, 5.41) is 9.62. The predicted molar refractivity (Wildman–Crippen MR) is 72.9 cm³/mol. The molecule has 1 amide bonds. The van der Waals surface area contributed by atoms with E-state index < -0.39 is 11.4 Å². The van der Waals surface area contributed by atoms with Crippen LogP contribution < -0.4 is 0 Å². The number of carbonyl (C=O) groups excluding carboxylic acids is 1. The Balaban J connectivity index is 1.52. The molecule has 2 atom stereocenters. The van der Waals surface area contributed by atoms with E-state index in [1.54, 1.807) is 0 Å². The summed E-state index contributed by atoms with van der Waals surface area (Å²) in [5.74, 6) is 1.24. The monoisotopic (exact) mass is 277 g/mol. The molecule has 3 aliphatic carbocycles. The highest BCUT2D eigenvalue weighted by Gasteiger charge is 2.57. The molecule has 0 bridgehead atoms. The molecule has 4 fully saturated rings. The summed E-state index contributed by atoms with van der Waals surface area (Å²) >= 11 is 0. The van der Waals surface area contributed by atoms with Gasteiger partial charge >= 0.3 is 5.97 Å². The van der Waals surface area contributed by atoms with Crippen LogP contribution in [0.15, 0.2) is 0 Å². The fourth-order valence-corrected chi connectivity index (χ4v) is 4.72. The zero-order valence-corrected chi connectivity index (χ0v) is 11.9. The van der Waals surface area contributed by atoms with Gasteiger partial charge in [-0.2, -0.15) is 0 Å². The van der Waals surface area contributed by atoms with Crippen LogP contribution in [0.1, 0.15) is 44.9 Å². The molecule has 0 unspecified atom stereocenters. The zero-order valence-electron chi connectivity index (χ0n) is 11.9. The third kappa shape index (κ3) is 1.80. The Morgan fingerprint density at radius 1 is 1.10 bits per heavy atom. The Hall–Kier alpha value is -1.06. The zero-order chi connectivity index (χ0) is 13.9.